The van der Waals surface area contributed by atoms with E-state index in [1.165, 1.54) is 16.0 Å². The highest BCUT2D eigenvalue weighted by Gasteiger charge is 2.48. The number of benzene rings is 2. The molecule has 2 aliphatic rings. The molecule has 2 fully saturated rings. The number of rotatable bonds is 11. The number of carbonyl (C=O) groups excluding carboxylic acids is 6. The van der Waals surface area contributed by atoms with Gasteiger partial charge in [0.1, 0.15) is 35.9 Å². The molecule has 5 rings (SSSR count). The zero-order valence-corrected chi connectivity index (χ0v) is 33.2. The van der Waals surface area contributed by atoms with Gasteiger partial charge >= 0.3 is 12.2 Å². The Morgan fingerprint density at radius 2 is 1.46 bits per heavy atom. The molecule has 16 nitrogen and oxygen atoms in total. The number of nitrogens with one attached hydrogen (secondary N) is 4. The maximum atomic E-state index is 14.6. The maximum absolute atomic E-state index is 14.6. The number of carbonyl (C=O) groups is 6. The van der Waals surface area contributed by atoms with Gasteiger partial charge in [0, 0.05) is 30.6 Å². The van der Waals surface area contributed by atoms with Crippen molar-refractivity contribution in [2.75, 3.05) is 25.0 Å². The van der Waals surface area contributed by atoms with Gasteiger partial charge in [-0.25, -0.2) is 9.59 Å². The second kappa shape index (κ2) is 18.0. The van der Waals surface area contributed by atoms with Crippen LogP contribution in [0.1, 0.15) is 66.4 Å². The predicted octanol–water partition coefficient (Wildman–Crippen LogP) is 3.27. The summed E-state index contributed by atoms with van der Waals surface area (Å²) in [6, 6.07) is 14.9. The second-order valence-electron chi connectivity index (χ2n) is 16.4. The van der Waals surface area contributed by atoms with Crippen LogP contribution in [0.5, 0.6) is 0 Å². The number of aliphatic hydroxyl groups is 1. The number of ether oxygens (including phenoxy) is 2. The molecule has 0 radical (unpaired) electrons. The number of amides is 6. The highest BCUT2D eigenvalue weighted by Crippen LogP contribution is 2.28. The third-order valence-corrected chi connectivity index (χ3v) is 9.31. The fourth-order valence-corrected chi connectivity index (χ4v) is 6.81. The van der Waals surface area contributed by atoms with Gasteiger partial charge in [0.25, 0.3) is 0 Å². The molecule has 5 atom stereocenters. The lowest BCUT2D eigenvalue weighted by molar-refractivity contribution is -0.140. The predicted molar refractivity (Wildman–Crippen MR) is 211 cm³/mol. The number of alkyl carbamates (subject to hydrolysis) is 1. The van der Waals surface area contributed by atoms with Crippen LogP contribution in [-0.4, -0.2) is 117 Å². The molecule has 1 aromatic heterocycles. The largest absolute Gasteiger partial charge is 0.444 e. The number of hydrogen-bond donors (Lipinski definition) is 5. The van der Waals surface area contributed by atoms with Crippen molar-refractivity contribution in [3.8, 4) is 0 Å². The monoisotopic (exact) mass is 787 g/mol. The molecule has 0 aliphatic carbocycles. The van der Waals surface area contributed by atoms with Crippen LogP contribution in [0.15, 0.2) is 66.9 Å². The molecule has 16 heteroatoms. The first-order valence-corrected chi connectivity index (χ1v) is 19.1. The fourth-order valence-electron chi connectivity index (χ4n) is 6.81. The van der Waals surface area contributed by atoms with Crippen LogP contribution in [0, 0.1) is 0 Å². The lowest BCUT2D eigenvalue weighted by Crippen LogP contribution is -2.53. The van der Waals surface area contributed by atoms with Crippen molar-refractivity contribution >= 4 is 52.4 Å². The van der Waals surface area contributed by atoms with E-state index in [0.29, 0.717) is 12.1 Å². The number of aliphatic hydroxyl groups excluding tert-OH is 1. The van der Waals surface area contributed by atoms with Gasteiger partial charge in [-0.2, -0.15) is 0 Å². The Hall–Kier alpha value is -5.77. The quantitative estimate of drug-likeness (QED) is 0.192. The van der Waals surface area contributed by atoms with Gasteiger partial charge in [0.05, 0.1) is 17.4 Å². The van der Waals surface area contributed by atoms with Crippen LogP contribution in [0.25, 0.3) is 10.9 Å². The Morgan fingerprint density at radius 3 is 2.16 bits per heavy atom. The summed E-state index contributed by atoms with van der Waals surface area (Å²) in [5.41, 5.74) is 0.404. The van der Waals surface area contributed by atoms with E-state index >= 15 is 0 Å². The van der Waals surface area contributed by atoms with Crippen molar-refractivity contribution < 1.29 is 43.3 Å². The summed E-state index contributed by atoms with van der Waals surface area (Å²) in [6.07, 6.45) is -0.776. The molecule has 306 valence electrons. The topological polar surface area (TPSA) is 209 Å². The molecular weight excluding hydrogens is 734 g/mol. The first-order valence-electron chi connectivity index (χ1n) is 19.1. The van der Waals surface area contributed by atoms with Gasteiger partial charge in [-0.05, 0) is 84.9 Å². The number of hydrogen-bond acceptors (Lipinski definition) is 10. The Bertz CT molecular complexity index is 1950. The van der Waals surface area contributed by atoms with Gasteiger partial charge in [-0.1, -0.05) is 48.5 Å². The minimum absolute atomic E-state index is 0.0192. The lowest BCUT2D eigenvalue weighted by atomic mass is 10.1. The first-order chi connectivity index (χ1) is 26.8. The van der Waals surface area contributed by atoms with Crippen molar-refractivity contribution in [3.05, 3.63) is 72.4 Å². The molecule has 57 heavy (non-hydrogen) atoms. The van der Waals surface area contributed by atoms with Gasteiger partial charge in [0.2, 0.25) is 23.6 Å². The Morgan fingerprint density at radius 1 is 0.825 bits per heavy atom. The summed E-state index contributed by atoms with van der Waals surface area (Å²) in [5.74, 6) is -2.34. The average Bonchev–Trinajstić information content (AvgIpc) is 3.76. The van der Waals surface area contributed by atoms with E-state index in [4.69, 9.17) is 9.47 Å². The van der Waals surface area contributed by atoms with Crippen LogP contribution in [-0.2, 0) is 35.1 Å². The highest BCUT2D eigenvalue weighted by molar-refractivity contribution is 6.00. The Labute approximate surface area is 332 Å². The molecule has 5 N–H and O–H groups in total. The summed E-state index contributed by atoms with van der Waals surface area (Å²) in [4.78, 5) is 87.4. The van der Waals surface area contributed by atoms with Gasteiger partial charge in [-0.15, -0.1) is 0 Å². The van der Waals surface area contributed by atoms with E-state index in [0.717, 1.165) is 16.5 Å². The van der Waals surface area contributed by atoms with Crippen LogP contribution in [0.2, 0.25) is 0 Å². The maximum Gasteiger partial charge on any atom is 0.411 e. The third kappa shape index (κ3) is 12.1. The van der Waals surface area contributed by atoms with E-state index in [1.807, 2.05) is 54.6 Å². The molecule has 3 aromatic rings. The molecule has 0 bridgehead atoms. The molecule has 0 spiro atoms. The Balaban J connectivity index is 1.34. The highest BCUT2D eigenvalue weighted by atomic mass is 16.6. The van der Waals surface area contributed by atoms with E-state index in [9.17, 15) is 33.9 Å². The molecular formula is C41H53N7O9. The number of anilines is 1. The molecule has 2 aliphatic heterocycles. The summed E-state index contributed by atoms with van der Waals surface area (Å²) < 4.78 is 10.8. The molecule has 0 saturated carbocycles. The lowest BCUT2D eigenvalue weighted by Gasteiger charge is -2.32. The van der Waals surface area contributed by atoms with Crippen molar-refractivity contribution in [2.45, 2.75) is 109 Å². The number of likely N-dealkylation sites (tertiary alicyclic amines) is 2. The van der Waals surface area contributed by atoms with Crippen molar-refractivity contribution in [1.82, 2.24) is 30.7 Å². The van der Waals surface area contributed by atoms with Gasteiger partial charge < -0.3 is 40.7 Å². The van der Waals surface area contributed by atoms with E-state index in [-0.39, 0.29) is 32.4 Å². The Kier molecular flexibility index (Phi) is 13.4. The van der Waals surface area contributed by atoms with E-state index < -0.39 is 83.8 Å². The summed E-state index contributed by atoms with van der Waals surface area (Å²) in [5, 5.41) is 22.4. The summed E-state index contributed by atoms with van der Waals surface area (Å²) in [6.45, 7) is 9.52. The normalized spacial score (nSPS) is 20.1. The van der Waals surface area contributed by atoms with Crippen LogP contribution in [0.3, 0.4) is 0 Å². The molecule has 2 saturated heterocycles. The average molecular weight is 788 g/mol. The molecule has 2 aromatic carbocycles. The molecule has 0 unspecified atom stereocenters. The first kappa shape index (κ1) is 42.4. The number of fused-ring (bicyclic) bond motifs is 1. The van der Waals surface area contributed by atoms with Crippen LogP contribution in [0.4, 0.5) is 15.3 Å². The van der Waals surface area contributed by atoms with Crippen molar-refractivity contribution in [3.63, 3.8) is 0 Å². The van der Waals surface area contributed by atoms with Crippen LogP contribution >= 0.6 is 0 Å². The summed E-state index contributed by atoms with van der Waals surface area (Å²) >= 11 is 0. The number of nitrogens with zero attached hydrogens (tertiary/aromatic N) is 3. The number of aromatic nitrogens is 1. The smallest absolute Gasteiger partial charge is 0.411 e. The van der Waals surface area contributed by atoms with Crippen molar-refractivity contribution in [1.29, 1.82) is 0 Å². The fraction of sp³-hybridized carbons (Fsp3) is 0.488. The minimum Gasteiger partial charge on any atom is -0.444 e. The molecule has 6 amide bonds. The van der Waals surface area contributed by atoms with Crippen LogP contribution < -0.4 is 21.3 Å². The van der Waals surface area contributed by atoms with Gasteiger partial charge in [0.15, 0.2) is 0 Å². The van der Waals surface area contributed by atoms with E-state index in [1.54, 1.807) is 47.6 Å². The number of para-hydroxylation sites is 1. The SMILES string of the molecule is CC(C)(C)OC(=O)NCC(=O)N[C@H]1C[C@@H](C(=O)N2C[C@H](NC(=O)[C@H](O)CCc3ccccc3)C[C@H]2C(=O)Nc2cnc3ccccc3c2)N(C(=O)OC(C)(C)C)C1. The number of pyridine rings is 1. The zero-order chi connectivity index (χ0) is 41.5. The van der Waals surface area contributed by atoms with Gasteiger partial charge in [-0.3, -0.25) is 29.1 Å². The molecule has 3 heterocycles. The second-order valence-corrected chi connectivity index (χ2v) is 16.4. The zero-order valence-electron chi connectivity index (χ0n) is 33.2. The minimum atomic E-state index is -1.34. The standard InChI is InChI=1S/C41H53N7O9/c1-40(2,3)56-38(54)43-22-34(50)44-28-20-32(48(24-28)39(55)57-41(4,5)6)37(53)47-23-29(46-36(52)33(49)17-16-25-12-8-7-9-13-25)19-31(47)35(51)45-27-18-26-14-10-11-15-30(26)42-21-27/h7-15,18,21,28-29,31-33,49H,16-17,19-20,22-24H2,1-6H3,(H,43,54)(H,44,50)(H,45,51)(H,46,52)/t28-,29+,31-,32-,33+/m0/s1. The summed E-state index contributed by atoms with van der Waals surface area (Å²) in [7, 11) is 0. The third-order valence-electron chi connectivity index (χ3n) is 9.31. The van der Waals surface area contributed by atoms with Crippen molar-refractivity contribution in [2.24, 2.45) is 0 Å². The number of aryl methyl sites for hydroxylation is 1. The van der Waals surface area contributed by atoms with E-state index in [2.05, 4.69) is 26.3 Å².